The summed E-state index contributed by atoms with van der Waals surface area (Å²) in [5.74, 6) is -0.188. The monoisotopic (exact) mass is 219 g/mol. The average Bonchev–Trinajstić information content (AvgIpc) is 2.93. The van der Waals surface area contributed by atoms with Gasteiger partial charge in [0, 0.05) is 10.9 Å². The van der Waals surface area contributed by atoms with E-state index in [0.29, 0.717) is 5.25 Å². The van der Waals surface area contributed by atoms with Gasteiger partial charge in [-0.15, -0.1) is 11.8 Å². The van der Waals surface area contributed by atoms with Gasteiger partial charge in [-0.2, -0.15) is 0 Å². The van der Waals surface area contributed by atoms with Crippen molar-refractivity contribution in [2.75, 3.05) is 0 Å². The standard InChI is InChI=1S/C12H10FNS/c13-9-3-1-8(2-4-9)12-6-5-10(14)7-11(12)15-12/h1-7,11H,14H2. The van der Waals surface area contributed by atoms with E-state index in [4.69, 9.17) is 5.73 Å². The normalized spacial score (nSPS) is 32.1. The van der Waals surface area contributed by atoms with Crippen LogP contribution in [0.5, 0.6) is 0 Å². The number of allylic oxidation sites excluding steroid dienone is 1. The topological polar surface area (TPSA) is 26.0 Å². The van der Waals surface area contributed by atoms with Crippen LogP contribution in [0, 0.1) is 5.82 Å². The molecule has 1 aromatic rings. The Morgan fingerprint density at radius 2 is 2.00 bits per heavy atom. The molecule has 1 nitrogen and oxygen atoms in total. The van der Waals surface area contributed by atoms with Gasteiger partial charge in [0.2, 0.25) is 0 Å². The van der Waals surface area contributed by atoms with E-state index < -0.39 is 0 Å². The number of nitrogens with two attached hydrogens (primary N) is 1. The SMILES string of the molecule is NC1=CC2SC2(c2ccc(F)cc2)C=C1. The highest BCUT2D eigenvalue weighted by Crippen LogP contribution is 2.64. The maximum atomic E-state index is 12.8. The fourth-order valence-corrected chi connectivity index (χ4v) is 3.24. The Balaban J connectivity index is 1.98. The van der Waals surface area contributed by atoms with Crippen molar-refractivity contribution in [3.8, 4) is 0 Å². The highest BCUT2D eigenvalue weighted by atomic mass is 32.2. The van der Waals surface area contributed by atoms with Gasteiger partial charge in [0.1, 0.15) is 5.82 Å². The van der Waals surface area contributed by atoms with Crippen LogP contribution in [0.25, 0.3) is 0 Å². The van der Waals surface area contributed by atoms with Gasteiger partial charge in [-0.3, -0.25) is 0 Å². The van der Waals surface area contributed by atoms with Crippen LogP contribution in [0.3, 0.4) is 0 Å². The van der Waals surface area contributed by atoms with Gasteiger partial charge in [0.15, 0.2) is 0 Å². The molecule has 1 heterocycles. The van der Waals surface area contributed by atoms with Gasteiger partial charge >= 0.3 is 0 Å². The van der Waals surface area contributed by atoms with Crippen LogP contribution in [-0.2, 0) is 4.75 Å². The molecule has 0 bridgehead atoms. The number of benzene rings is 1. The lowest BCUT2D eigenvalue weighted by Crippen LogP contribution is -2.13. The summed E-state index contributed by atoms with van der Waals surface area (Å²) >= 11 is 1.84. The summed E-state index contributed by atoms with van der Waals surface area (Å²) in [7, 11) is 0. The molecule has 3 heteroatoms. The summed E-state index contributed by atoms with van der Waals surface area (Å²) in [6, 6.07) is 6.72. The number of thioether (sulfide) groups is 1. The van der Waals surface area contributed by atoms with E-state index in [9.17, 15) is 4.39 Å². The Hall–Kier alpha value is -1.22. The van der Waals surface area contributed by atoms with Crippen molar-refractivity contribution in [2.24, 2.45) is 5.73 Å². The minimum Gasteiger partial charge on any atom is -0.399 e. The Labute approximate surface area is 91.9 Å². The summed E-state index contributed by atoms with van der Waals surface area (Å²) in [5, 5.41) is 0.424. The third-order valence-corrected chi connectivity index (χ3v) is 4.37. The smallest absolute Gasteiger partial charge is 0.123 e. The summed E-state index contributed by atoms with van der Waals surface area (Å²) in [4.78, 5) is 0. The lowest BCUT2D eigenvalue weighted by Gasteiger charge is -2.13. The predicted octanol–water partition coefficient (Wildman–Crippen LogP) is 2.55. The first-order chi connectivity index (χ1) is 7.21. The molecular weight excluding hydrogens is 209 g/mol. The van der Waals surface area contributed by atoms with Gasteiger partial charge < -0.3 is 5.73 Å². The second kappa shape index (κ2) is 2.89. The third kappa shape index (κ3) is 1.30. The Kier molecular flexibility index (Phi) is 1.74. The van der Waals surface area contributed by atoms with E-state index in [1.54, 1.807) is 0 Å². The van der Waals surface area contributed by atoms with E-state index in [-0.39, 0.29) is 10.6 Å². The van der Waals surface area contributed by atoms with Crippen molar-refractivity contribution < 1.29 is 4.39 Å². The number of hydrogen-bond donors (Lipinski definition) is 1. The lowest BCUT2D eigenvalue weighted by molar-refractivity contribution is 0.626. The van der Waals surface area contributed by atoms with Crippen LogP contribution in [0.2, 0.25) is 0 Å². The van der Waals surface area contributed by atoms with Crippen molar-refractivity contribution in [3.63, 3.8) is 0 Å². The third-order valence-electron chi connectivity index (χ3n) is 2.85. The highest BCUT2D eigenvalue weighted by Gasteiger charge is 2.54. The van der Waals surface area contributed by atoms with Crippen LogP contribution >= 0.6 is 11.8 Å². The second-order valence-electron chi connectivity index (χ2n) is 3.84. The fourth-order valence-electron chi connectivity index (χ4n) is 1.96. The zero-order valence-electron chi connectivity index (χ0n) is 7.98. The molecule has 15 heavy (non-hydrogen) atoms. The Bertz CT molecular complexity index is 463. The summed E-state index contributed by atoms with van der Waals surface area (Å²) in [6.45, 7) is 0. The Morgan fingerprint density at radius 1 is 1.27 bits per heavy atom. The summed E-state index contributed by atoms with van der Waals surface area (Å²) in [5.41, 5.74) is 7.69. The minimum atomic E-state index is -0.188. The molecule has 1 aliphatic heterocycles. The molecule has 1 aromatic carbocycles. The maximum absolute atomic E-state index is 12.8. The zero-order valence-corrected chi connectivity index (χ0v) is 8.80. The van der Waals surface area contributed by atoms with E-state index in [2.05, 4.69) is 12.2 Å². The maximum Gasteiger partial charge on any atom is 0.123 e. The molecule has 3 rings (SSSR count). The van der Waals surface area contributed by atoms with Crippen molar-refractivity contribution in [1.29, 1.82) is 0 Å². The van der Waals surface area contributed by atoms with Crippen molar-refractivity contribution >= 4 is 11.8 Å². The number of rotatable bonds is 1. The summed E-state index contributed by atoms with van der Waals surface area (Å²) in [6.07, 6.45) is 6.11. The molecular formula is C12H10FNS. The zero-order chi connectivity index (χ0) is 10.5. The van der Waals surface area contributed by atoms with Crippen LogP contribution in [0.1, 0.15) is 5.56 Å². The van der Waals surface area contributed by atoms with E-state index in [1.165, 1.54) is 12.1 Å². The molecule has 0 radical (unpaired) electrons. The first-order valence-electron chi connectivity index (χ1n) is 4.81. The van der Waals surface area contributed by atoms with E-state index >= 15 is 0 Å². The molecule has 2 atom stereocenters. The molecule has 76 valence electrons. The highest BCUT2D eigenvalue weighted by molar-refractivity contribution is 8.08. The molecule has 2 aliphatic rings. The van der Waals surface area contributed by atoms with Crippen molar-refractivity contribution in [3.05, 3.63) is 59.6 Å². The largest absolute Gasteiger partial charge is 0.399 e. The molecule has 0 saturated carbocycles. The van der Waals surface area contributed by atoms with E-state index in [1.807, 2.05) is 30.0 Å². The molecule has 1 fully saturated rings. The fraction of sp³-hybridized carbons (Fsp3) is 0.167. The van der Waals surface area contributed by atoms with Gasteiger partial charge in [0.05, 0.1) is 4.75 Å². The van der Waals surface area contributed by atoms with Crippen molar-refractivity contribution in [1.82, 2.24) is 0 Å². The quantitative estimate of drug-likeness (QED) is 0.734. The van der Waals surface area contributed by atoms with Crippen molar-refractivity contribution in [2.45, 2.75) is 10.00 Å². The van der Waals surface area contributed by atoms with Crippen LogP contribution in [-0.4, -0.2) is 5.25 Å². The van der Waals surface area contributed by atoms with Gasteiger partial charge in [-0.05, 0) is 29.8 Å². The van der Waals surface area contributed by atoms with Crippen LogP contribution in [0.4, 0.5) is 4.39 Å². The van der Waals surface area contributed by atoms with E-state index in [0.717, 1.165) is 11.3 Å². The van der Waals surface area contributed by atoms with Gasteiger partial charge in [0.25, 0.3) is 0 Å². The Morgan fingerprint density at radius 3 is 2.67 bits per heavy atom. The number of halogens is 1. The second-order valence-corrected chi connectivity index (χ2v) is 5.26. The van der Waals surface area contributed by atoms with Gasteiger partial charge in [-0.25, -0.2) is 4.39 Å². The molecule has 0 aromatic heterocycles. The molecule has 2 unspecified atom stereocenters. The average molecular weight is 219 g/mol. The first-order valence-corrected chi connectivity index (χ1v) is 5.69. The molecule has 0 amide bonds. The molecule has 2 N–H and O–H groups in total. The number of fused-ring (bicyclic) bond motifs is 1. The first kappa shape index (κ1) is 9.04. The van der Waals surface area contributed by atoms with Crippen LogP contribution < -0.4 is 5.73 Å². The molecule has 1 aliphatic carbocycles. The lowest BCUT2D eigenvalue weighted by atomic mass is 9.92. The predicted molar refractivity (Wildman–Crippen MR) is 60.9 cm³/mol. The minimum absolute atomic E-state index is 0.0244. The van der Waals surface area contributed by atoms with Crippen LogP contribution in [0.15, 0.2) is 48.2 Å². The molecule has 1 saturated heterocycles. The summed E-state index contributed by atoms with van der Waals surface area (Å²) < 4.78 is 12.8. The number of hydrogen-bond acceptors (Lipinski definition) is 2. The van der Waals surface area contributed by atoms with Gasteiger partial charge in [-0.1, -0.05) is 18.2 Å². The molecule has 0 spiro atoms.